The van der Waals surface area contributed by atoms with Crippen LogP contribution in [0.2, 0.25) is 0 Å². The Hall–Kier alpha value is -0.860. The summed E-state index contributed by atoms with van der Waals surface area (Å²) in [6.07, 6.45) is 8.83. The fourth-order valence-electron chi connectivity index (χ4n) is 4.17. The zero-order valence-corrected chi connectivity index (χ0v) is 12.6. The molecule has 1 saturated carbocycles. The van der Waals surface area contributed by atoms with Crippen LogP contribution in [0.4, 0.5) is 0 Å². The van der Waals surface area contributed by atoms with Gasteiger partial charge in [0.1, 0.15) is 0 Å². The maximum Gasteiger partial charge on any atom is 0.0654 e. The molecule has 20 heavy (non-hydrogen) atoms. The third-order valence-electron chi connectivity index (χ3n) is 5.44. The summed E-state index contributed by atoms with van der Waals surface area (Å²) < 4.78 is 0. The number of nitrogens with one attached hydrogen (secondary N) is 1. The maximum atomic E-state index is 10.9. The van der Waals surface area contributed by atoms with Crippen LogP contribution < -0.4 is 5.32 Å². The number of aliphatic hydroxyl groups is 1. The maximum absolute atomic E-state index is 10.9. The van der Waals surface area contributed by atoms with Crippen LogP contribution in [-0.4, -0.2) is 23.8 Å². The van der Waals surface area contributed by atoms with E-state index >= 15 is 0 Å². The molecule has 0 spiro atoms. The topological polar surface area (TPSA) is 32.3 Å². The van der Waals surface area contributed by atoms with Crippen LogP contribution in [0.3, 0.4) is 0 Å². The third kappa shape index (κ3) is 2.91. The zero-order valence-electron chi connectivity index (χ0n) is 12.6. The van der Waals surface area contributed by atoms with Crippen LogP contribution in [0.25, 0.3) is 0 Å². The van der Waals surface area contributed by atoms with Crippen molar-refractivity contribution in [1.82, 2.24) is 5.32 Å². The fraction of sp³-hybridized carbons (Fsp3) is 0.667. The molecule has 2 N–H and O–H groups in total. The van der Waals surface area contributed by atoms with Crippen LogP contribution >= 0.6 is 0 Å². The summed E-state index contributed by atoms with van der Waals surface area (Å²) in [4.78, 5) is 0. The average molecular weight is 273 g/mol. The first-order chi connectivity index (χ1) is 9.70. The molecule has 0 bridgehead atoms. The van der Waals surface area contributed by atoms with E-state index in [0.717, 1.165) is 32.1 Å². The highest BCUT2D eigenvalue weighted by Gasteiger charge is 2.36. The monoisotopic (exact) mass is 273 g/mol. The lowest BCUT2D eigenvalue weighted by atomic mass is 9.72. The van der Waals surface area contributed by atoms with Crippen LogP contribution in [0.1, 0.15) is 62.0 Å². The van der Waals surface area contributed by atoms with Gasteiger partial charge in [-0.05, 0) is 75.5 Å². The van der Waals surface area contributed by atoms with Gasteiger partial charge in [0.2, 0.25) is 0 Å². The van der Waals surface area contributed by atoms with E-state index in [9.17, 15) is 5.11 Å². The van der Waals surface area contributed by atoms with Crippen molar-refractivity contribution in [2.45, 2.75) is 68.9 Å². The van der Waals surface area contributed by atoms with E-state index in [1.54, 1.807) is 0 Å². The van der Waals surface area contributed by atoms with Gasteiger partial charge in [-0.2, -0.15) is 0 Å². The van der Waals surface area contributed by atoms with Gasteiger partial charge in [-0.3, -0.25) is 0 Å². The molecule has 1 aromatic carbocycles. The van der Waals surface area contributed by atoms with Crippen molar-refractivity contribution in [3.8, 4) is 0 Å². The van der Waals surface area contributed by atoms with E-state index in [-0.39, 0.29) is 0 Å². The van der Waals surface area contributed by atoms with Gasteiger partial charge in [0.15, 0.2) is 0 Å². The highest BCUT2D eigenvalue weighted by atomic mass is 16.3. The van der Waals surface area contributed by atoms with Crippen molar-refractivity contribution >= 4 is 0 Å². The zero-order chi connectivity index (χ0) is 14.0. The van der Waals surface area contributed by atoms with Crippen molar-refractivity contribution in [2.24, 2.45) is 0 Å². The minimum absolute atomic E-state index is 0.428. The van der Waals surface area contributed by atoms with E-state index < -0.39 is 5.60 Å². The van der Waals surface area contributed by atoms with E-state index in [1.165, 1.54) is 30.4 Å². The molecule has 0 heterocycles. The minimum atomic E-state index is -0.428. The SMILES string of the molecule is CNC1CCC(O)(CC2CCCc3ccccc32)CC1. The third-order valence-corrected chi connectivity index (χ3v) is 5.44. The number of hydrogen-bond donors (Lipinski definition) is 2. The van der Waals surface area contributed by atoms with Gasteiger partial charge in [0.25, 0.3) is 0 Å². The van der Waals surface area contributed by atoms with Crippen LogP contribution in [0.5, 0.6) is 0 Å². The normalized spacial score (nSPS) is 33.7. The molecule has 0 radical (unpaired) electrons. The molecule has 2 aliphatic carbocycles. The molecule has 1 atom stereocenters. The van der Waals surface area contributed by atoms with Crippen LogP contribution in [0, 0.1) is 0 Å². The molecule has 110 valence electrons. The molecular formula is C18H27NO. The summed E-state index contributed by atoms with van der Waals surface area (Å²) in [5.74, 6) is 0.566. The predicted molar refractivity (Wildman–Crippen MR) is 83.0 cm³/mol. The van der Waals surface area contributed by atoms with Crippen molar-refractivity contribution in [1.29, 1.82) is 0 Å². The Kier molecular flexibility index (Phi) is 4.13. The van der Waals surface area contributed by atoms with Crippen LogP contribution in [0.15, 0.2) is 24.3 Å². The first-order valence-electron chi connectivity index (χ1n) is 8.18. The predicted octanol–water partition coefficient (Wildman–Crippen LogP) is 3.39. The van der Waals surface area contributed by atoms with Gasteiger partial charge in [0, 0.05) is 6.04 Å². The van der Waals surface area contributed by atoms with Crippen molar-refractivity contribution in [3.05, 3.63) is 35.4 Å². The Balaban J connectivity index is 1.69. The molecule has 2 heteroatoms. The van der Waals surface area contributed by atoms with Crippen molar-refractivity contribution in [3.63, 3.8) is 0 Å². The van der Waals surface area contributed by atoms with Crippen molar-refractivity contribution < 1.29 is 5.11 Å². The highest BCUT2D eigenvalue weighted by Crippen LogP contribution is 2.41. The quantitative estimate of drug-likeness (QED) is 0.885. The van der Waals surface area contributed by atoms with Gasteiger partial charge in [0.05, 0.1) is 5.60 Å². The van der Waals surface area contributed by atoms with E-state index in [2.05, 4.69) is 29.6 Å². The Labute approximate surface area is 122 Å². The van der Waals surface area contributed by atoms with Crippen LogP contribution in [-0.2, 0) is 6.42 Å². The summed E-state index contributed by atoms with van der Waals surface area (Å²) in [6.45, 7) is 0. The van der Waals surface area contributed by atoms with Crippen molar-refractivity contribution in [2.75, 3.05) is 7.05 Å². The van der Waals surface area contributed by atoms with E-state index in [1.807, 2.05) is 7.05 Å². The second-order valence-corrected chi connectivity index (χ2v) is 6.78. The summed E-state index contributed by atoms with van der Waals surface area (Å²) >= 11 is 0. The Morgan fingerprint density at radius 2 is 1.95 bits per heavy atom. The number of benzene rings is 1. The van der Waals surface area contributed by atoms with Gasteiger partial charge in [-0.25, -0.2) is 0 Å². The molecule has 0 amide bonds. The molecule has 1 aromatic rings. The summed E-state index contributed by atoms with van der Waals surface area (Å²) in [5, 5.41) is 14.3. The van der Waals surface area contributed by atoms with E-state index in [0.29, 0.717) is 12.0 Å². The van der Waals surface area contributed by atoms with Gasteiger partial charge < -0.3 is 10.4 Å². The van der Waals surface area contributed by atoms with Gasteiger partial charge >= 0.3 is 0 Å². The second kappa shape index (κ2) is 5.87. The Morgan fingerprint density at radius 3 is 2.70 bits per heavy atom. The largest absolute Gasteiger partial charge is 0.390 e. The first kappa shape index (κ1) is 14.1. The van der Waals surface area contributed by atoms with Gasteiger partial charge in [-0.15, -0.1) is 0 Å². The first-order valence-corrected chi connectivity index (χ1v) is 8.18. The molecular weight excluding hydrogens is 246 g/mol. The number of rotatable bonds is 3. The van der Waals surface area contributed by atoms with E-state index in [4.69, 9.17) is 0 Å². The molecule has 2 aliphatic rings. The number of aryl methyl sites for hydroxylation is 1. The Morgan fingerprint density at radius 1 is 1.20 bits per heavy atom. The molecule has 2 nitrogen and oxygen atoms in total. The standard InChI is InChI=1S/C18H27NO/c1-19-16-9-11-18(20,12-10-16)13-15-7-4-6-14-5-2-3-8-17(14)15/h2-3,5,8,15-16,19-20H,4,6-7,9-13H2,1H3. The summed E-state index contributed by atoms with van der Waals surface area (Å²) in [5.41, 5.74) is 2.59. The molecule has 0 saturated heterocycles. The molecule has 1 unspecified atom stereocenters. The second-order valence-electron chi connectivity index (χ2n) is 6.78. The summed E-state index contributed by atoms with van der Waals surface area (Å²) in [7, 11) is 2.03. The van der Waals surface area contributed by atoms with Gasteiger partial charge in [-0.1, -0.05) is 24.3 Å². The molecule has 3 rings (SSSR count). The number of hydrogen-bond acceptors (Lipinski definition) is 2. The smallest absolute Gasteiger partial charge is 0.0654 e. The average Bonchev–Trinajstić information content (AvgIpc) is 2.48. The molecule has 0 aliphatic heterocycles. The minimum Gasteiger partial charge on any atom is -0.390 e. The Bertz CT molecular complexity index is 448. The summed E-state index contributed by atoms with van der Waals surface area (Å²) in [6, 6.07) is 9.45. The molecule has 0 aromatic heterocycles. The number of fused-ring (bicyclic) bond motifs is 1. The lowest BCUT2D eigenvalue weighted by molar-refractivity contribution is -0.0174. The fourth-order valence-corrected chi connectivity index (χ4v) is 4.17. The molecule has 1 fully saturated rings. The lowest BCUT2D eigenvalue weighted by Crippen LogP contribution is -2.41. The highest BCUT2D eigenvalue weighted by molar-refractivity contribution is 5.32. The lowest BCUT2D eigenvalue weighted by Gasteiger charge is -2.39.